The molecule has 0 unspecified atom stereocenters. The van der Waals surface area contributed by atoms with E-state index in [1.165, 1.54) is 16.7 Å². The molecule has 0 N–H and O–H groups in total. The molecule has 3 heterocycles. The number of benzene rings is 1. The molecule has 1 aliphatic rings. The smallest absolute Gasteiger partial charge is 0.283 e. The van der Waals surface area contributed by atoms with Gasteiger partial charge in [-0.3, -0.25) is 14.2 Å². The van der Waals surface area contributed by atoms with Gasteiger partial charge in [-0.2, -0.15) is 0 Å². The molecule has 0 spiro atoms. The number of aryl methyl sites for hydroxylation is 1. The number of nitrogens with zero attached hydrogens (tertiary/aromatic N) is 5. The molecule has 138 valence electrons. The first-order valence-corrected chi connectivity index (χ1v) is 8.66. The molecule has 1 saturated heterocycles. The number of aromatic nitrogens is 3. The van der Waals surface area contributed by atoms with Gasteiger partial charge < -0.3 is 9.80 Å². The van der Waals surface area contributed by atoms with Crippen molar-refractivity contribution in [3.63, 3.8) is 0 Å². The molecule has 0 atom stereocenters. The third kappa shape index (κ3) is 3.14. The summed E-state index contributed by atoms with van der Waals surface area (Å²) >= 11 is 0. The van der Waals surface area contributed by atoms with Crippen LogP contribution in [0.3, 0.4) is 0 Å². The van der Waals surface area contributed by atoms with Gasteiger partial charge in [0.2, 0.25) is 0 Å². The highest BCUT2D eigenvalue weighted by atomic mass is 19.1. The van der Waals surface area contributed by atoms with Crippen molar-refractivity contribution in [2.75, 3.05) is 31.1 Å². The van der Waals surface area contributed by atoms with E-state index in [4.69, 9.17) is 0 Å². The average Bonchev–Trinajstić information content (AvgIpc) is 2.71. The molecule has 4 rings (SSSR count). The average molecular weight is 367 g/mol. The molecular weight excluding hydrogens is 349 g/mol. The summed E-state index contributed by atoms with van der Waals surface area (Å²) in [6.07, 6.45) is 1.58. The Morgan fingerprint density at radius 2 is 1.78 bits per heavy atom. The number of halogens is 1. The summed E-state index contributed by atoms with van der Waals surface area (Å²) in [6, 6.07) is 9.73. The molecule has 0 bridgehead atoms. The highest BCUT2D eigenvalue weighted by molar-refractivity contribution is 5.93. The Labute approximate surface area is 154 Å². The first kappa shape index (κ1) is 17.1. The van der Waals surface area contributed by atoms with Crippen molar-refractivity contribution >= 4 is 22.8 Å². The molecule has 8 heteroatoms. The molecule has 2 aromatic heterocycles. The molecular formula is C19H18FN5O2. The van der Waals surface area contributed by atoms with E-state index in [2.05, 4.69) is 14.9 Å². The lowest BCUT2D eigenvalue weighted by atomic mass is 10.2. The SMILES string of the molecule is Cn1c(=O)c(C(=O)N2CCN(c3ccc(F)cc3)CC2)nc2cccnc21. The molecule has 3 aromatic rings. The van der Waals surface area contributed by atoms with Gasteiger partial charge in [-0.1, -0.05) is 0 Å². The second-order valence-electron chi connectivity index (χ2n) is 6.43. The maximum Gasteiger partial charge on any atom is 0.283 e. The zero-order valence-electron chi connectivity index (χ0n) is 14.8. The summed E-state index contributed by atoms with van der Waals surface area (Å²) in [5.74, 6) is -0.652. The quantitative estimate of drug-likeness (QED) is 0.685. The van der Waals surface area contributed by atoms with Crippen molar-refractivity contribution in [2.24, 2.45) is 7.05 Å². The second-order valence-corrected chi connectivity index (χ2v) is 6.43. The lowest BCUT2D eigenvalue weighted by Gasteiger charge is -2.35. The fourth-order valence-corrected chi connectivity index (χ4v) is 3.27. The van der Waals surface area contributed by atoms with E-state index >= 15 is 0 Å². The Balaban J connectivity index is 1.54. The first-order valence-electron chi connectivity index (χ1n) is 8.66. The van der Waals surface area contributed by atoms with Gasteiger partial charge in [0.1, 0.15) is 11.3 Å². The van der Waals surface area contributed by atoms with Crippen molar-refractivity contribution in [2.45, 2.75) is 0 Å². The van der Waals surface area contributed by atoms with Crippen LogP contribution in [0.1, 0.15) is 10.5 Å². The third-order valence-electron chi connectivity index (χ3n) is 4.78. The Bertz CT molecular complexity index is 1060. The number of anilines is 1. The highest BCUT2D eigenvalue weighted by Crippen LogP contribution is 2.17. The molecule has 1 aliphatic heterocycles. The number of hydrogen-bond acceptors (Lipinski definition) is 5. The number of hydrogen-bond donors (Lipinski definition) is 0. The monoisotopic (exact) mass is 367 g/mol. The van der Waals surface area contributed by atoms with Crippen LogP contribution in [0.2, 0.25) is 0 Å². The number of carbonyl (C=O) groups excluding carboxylic acids is 1. The fourth-order valence-electron chi connectivity index (χ4n) is 3.27. The predicted molar refractivity (Wildman–Crippen MR) is 99.3 cm³/mol. The van der Waals surface area contributed by atoms with E-state index in [9.17, 15) is 14.0 Å². The van der Waals surface area contributed by atoms with E-state index in [-0.39, 0.29) is 17.4 Å². The van der Waals surface area contributed by atoms with Gasteiger partial charge in [0, 0.05) is 45.1 Å². The van der Waals surface area contributed by atoms with Crippen LogP contribution in [-0.4, -0.2) is 51.5 Å². The van der Waals surface area contributed by atoms with Crippen molar-refractivity contribution < 1.29 is 9.18 Å². The van der Waals surface area contributed by atoms with E-state index in [1.54, 1.807) is 42.4 Å². The molecule has 7 nitrogen and oxygen atoms in total. The summed E-state index contributed by atoms with van der Waals surface area (Å²) in [6.45, 7) is 2.14. The Kier molecular flexibility index (Phi) is 4.31. The number of pyridine rings is 1. The first-order chi connectivity index (χ1) is 13.0. The van der Waals surface area contributed by atoms with Gasteiger partial charge in [-0.05, 0) is 36.4 Å². The number of rotatable bonds is 2. The van der Waals surface area contributed by atoms with Gasteiger partial charge in [-0.25, -0.2) is 14.4 Å². The van der Waals surface area contributed by atoms with Crippen LogP contribution in [0.15, 0.2) is 47.4 Å². The van der Waals surface area contributed by atoms with Crippen molar-refractivity contribution in [1.29, 1.82) is 0 Å². The van der Waals surface area contributed by atoms with Crippen LogP contribution in [0.4, 0.5) is 10.1 Å². The zero-order valence-corrected chi connectivity index (χ0v) is 14.8. The van der Waals surface area contributed by atoms with Crippen LogP contribution in [0.5, 0.6) is 0 Å². The fraction of sp³-hybridized carbons (Fsp3) is 0.263. The number of amides is 1. The predicted octanol–water partition coefficient (Wildman–Crippen LogP) is 1.43. The Hall–Kier alpha value is -3.29. The van der Waals surface area contributed by atoms with E-state index in [0.717, 1.165) is 5.69 Å². The van der Waals surface area contributed by atoms with E-state index in [1.807, 2.05) is 0 Å². The molecule has 1 fully saturated rings. The van der Waals surface area contributed by atoms with Gasteiger partial charge in [0.25, 0.3) is 11.5 Å². The van der Waals surface area contributed by atoms with Crippen LogP contribution in [0.25, 0.3) is 11.2 Å². The maximum atomic E-state index is 13.1. The molecule has 0 radical (unpaired) electrons. The minimum absolute atomic E-state index is 0.0896. The van der Waals surface area contributed by atoms with Gasteiger partial charge in [0.05, 0.1) is 0 Å². The van der Waals surface area contributed by atoms with E-state index in [0.29, 0.717) is 37.3 Å². The van der Waals surface area contributed by atoms with Crippen molar-refractivity contribution in [1.82, 2.24) is 19.4 Å². The number of carbonyl (C=O) groups is 1. The van der Waals surface area contributed by atoms with Gasteiger partial charge in [-0.15, -0.1) is 0 Å². The van der Waals surface area contributed by atoms with Crippen molar-refractivity contribution in [3.8, 4) is 0 Å². The van der Waals surface area contributed by atoms with Gasteiger partial charge in [0.15, 0.2) is 11.3 Å². The molecule has 27 heavy (non-hydrogen) atoms. The zero-order chi connectivity index (χ0) is 19.0. The van der Waals surface area contributed by atoms with E-state index < -0.39 is 5.56 Å². The summed E-state index contributed by atoms with van der Waals surface area (Å²) in [7, 11) is 1.59. The van der Waals surface area contributed by atoms with Gasteiger partial charge >= 0.3 is 0 Å². The topological polar surface area (TPSA) is 71.3 Å². The molecule has 1 amide bonds. The van der Waals surface area contributed by atoms with Crippen LogP contribution >= 0.6 is 0 Å². The van der Waals surface area contributed by atoms with Crippen LogP contribution in [-0.2, 0) is 7.05 Å². The standard InChI is InChI=1S/C19H18FN5O2/c1-23-17-15(3-2-8-21-17)22-16(18(23)26)19(27)25-11-9-24(10-12-25)14-6-4-13(20)5-7-14/h2-8H,9-12H2,1H3. The molecule has 0 saturated carbocycles. The second kappa shape index (κ2) is 6.79. The van der Waals surface area contributed by atoms with Crippen molar-refractivity contribution in [3.05, 3.63) is 64.5 Å². The number of piperazine rings is 1. The lowest BCUT2D eigenvalue weighted by molar-refractivity contribution is 0.0738. The summed E-state index contributed by atoms with van der Waals surface area (Å²) < 4.78 is 14.4. The Morgan fingerprint density at radius 1 is 1.07 bits per heavy atom. The third-order valence-corrected chi connectivity index (χ3v) is 4.78. The minimum Gasteiger partial charge on any atom is -0.368 e. The summed E-state index contributed by atoms with van der Waals surface area (Å²) in [4.78, 5) is 37.5. The van der Waals surface area contributed by atoms with Crippen LogP contribution < -0.4 is 10.5 Å². The summed E-state index contributed by atoms with van der Waals surface area (Å²) in [5.41, 5.74) is 1.32. The summed E-state index contributed by atoms with van der Waals surface area (Å²) in [5, 5.41) is 0. The molecule has 1 aromatic carbocycles. The highest BCUT2D eigenvalue weighted by Gasteiger charge is 2.26. The normalized spacial score (nSPS) is 14.6. The Morgan fingerprint density at radius 3 is 2.48 bits per heavy atom. The largest absolute Gasteiger partial charge is 0.368 e. The minimum atomic E-state index is -0.452. The van der Waals surface area contributed by atoms with Crippen LogP contribution in [0, 0.1) is 5.82 Å². The number of fused-ring (bicyclic) bond motifs is 1. The molecule has 0 aliphatic carbocycles. The lowest BCUT2D eigenvalue weighted by Crippen LogP contribution is -2.50. The maximum absolute atomic E-state index is 13.1.